The molecule has 1 aliphatic rings. The average Bonchev–Trinajstić information content (AvgIpc) is 2.98. The van der Waals surface area contributed by atoms with Crippen molar-refractivity contribution in [3.63, 3.8) is 0 Å². The number of anilines is 1. The number of methoxy groups -OCH3 is 1. The van der Waals surface area contributed by atoms with Gasteiger partial charge in [-0.25, -0.2) is 26.3 Å². The fourth-order valence-electron chi connectivity index (χ4n) is 3.40. The lowest BCUT2D eigenvalue weighted by Crippen LogP contribution is -2.42. The van der Waals surface area contributed by atoms with Gasteiger partial charge in [0.15, 0.2) is 0 Å². The van der Waals surface area contributed by atoms with Gasteiger partial charge in [0.1, 0.15) is 34.4 Å². The summed E-state index contributed by atoms with van der Waals surface area (Å²) >= 11 is 0. The third-order valence-corrected chi connectivity index (χ3v) is 7.09. The zero-order chi connectivity index (χ0) is 25.4. The Bertz CT molecular complexity index is 1280. The maximum atomic E-state index is 14.3. The van der Waals surface area contributed by atoms with E-state index in [1.807, 2.05) is 0 Å². The molecule has 1 saturated heterocycles. The van der Waals surface area contributed by atoms with Gasteiger partial charge in [-0.2, -0.15) is 0 Å². The van der Waals surface area contributed by atoms with Crippen molar-refractivity contribution in [3.8, 4) is 5.75 Å². The molecule has 13 heteroatoms. The van der Waals surface area contributed by atoms with Crippen LogP contribution in [0.4, 0.5) is 19.3 Å². The van der Waals surface area contributed by atoms with E-state index in [0.29, 0.717) is 4.90 Å². The molecule has 182 valence electrons. The van der Waals surface area contributed by atoms with E-state index in [-0.39, 0.29) is 21.9 Å². The van der Waals surface area contributed by atoms with E-state index in [1.54, 1.807) is 0 Å². The number of amides is 4. The first-order valence-electron chi connectivity index (χ1n) is 9.81. The number of halogens is 2. The summed E-state index contributed by atoms with van der Waals surface area (Å²) in [5.74, 6) is -3.45. The molecule has 34 heavy (non-hydrogen) atoms. The second-order valence-electron chi connectivity index (χ2n) is 7.77. The Balaban J connectivity index is 1.82. The van der Waals surface area contributed by atoms with E-state index in [4.69, 9.17) is 4.74 Å². The molecule has 0 bridgehead atoms. The predicted octanol–water partition coefficient (Wildman–Crippen LogP) is 1.63. The van der Waals surface area contributed by atoms with Crippen LogP contribution in [0.3, 0.4) is 0 Å². The van der Waals surface area contributed by atoms with Crippen LogP contribution in [-0.2, 0) is 25.2 Å². The third kappa shape index (κ3) is 4.43. The number of benzene rings is 2. The van der Waals surface area contributed by atoms with Crippen LogP contribution in [0.1, 0.15) is 12.5 Å². The maximum absolute atomic E-state index is 14.3. The normalized spacial score (nSPS) is 18.3. The van der Waals surface area contributed by atoms with E-state index < -0.39 is 51.6 Å². The molecule has 4 amide bonds. The molecular weight excluding hydrogens is 474 g/mol. The number of carbonyl (C=O) groups is 3. The second kappa shape index (κ2) is 8.99. The number of rotatable bonds is 7. The molecule has 1 aliphatic heterocycles. The van der Waals surface area contributed by atoms with Crippen molar-refractivity contribution in [2.75, 3.05) is 33.1 Å². The first-order valence-corrected chi connectivity index (χ1v) is 11.3. The Kier molecular flexibility index (Phi) is 6.62. The molecule has 0 spiro atoms. The highest BCUT2D eigenvalue weighted by Gasteiger charge is 2.50. The van der Waals surface area contributed by atoms with E-state index in [0.717, 1.165) is 22.5 Å². The van der Waals surface area contributed by atoms with Crippen molar-refractivity contribution in [1.29, 1.82) is 0 Å². The molecule has 2 N–H and O–H groups in total. The van der Waals surface area contributed by atoms with E-state index >= 15 is 0 Å². The van der Waals surface area contributed by atoms with Gasteiger partial charge in [-0.1, -0.05) is 0 Å². The molecule has 1 atom stereocenters. The Morgan fingerprint density at radius 2 is 1.85 bits per heavy atom. The molecule has 0 aromatic heterocycles. The minimum Gasteiger partial charge on any atom is -0.495 e. The van der Waals surface area contributed by atoms with Crippen molar-refractivity contribution in [2.45, 2.75) is 17.4 Å². The molecule has 0 radical (unpaired) electrons. The van der Waals surface area contributed by atoms with Crippen LogP contribution in [0.25, 0.3) is 0 Å². The van der Waals surface area contributed by atoms with Crippen molar-refractivity contribution in [2.24, 2.45) is 0 Å². The van der Waals surface area contributed by atoms with Crippen molar-refractivity contribution in [3.05, 3.63) is 53.6 Å². The molecule has 1 heterocycles. The summed E-state index contributed by atoms with van der Waals surface area (Å²) in [7, 11) is 0.0395. The number of sulfonamides is 1. The standard InChI is InChI=1S/C21H22F2N4O6S/c1-21(14-9-12(22)5-7-15(14)23)19(29)27(20(30)25-21)11-18(28)24-13-6-8-16(33-4)17(10-13)34(31,32)26(2)3/h5-10H,11H2,1-4H3,(H,24,28)(H,25,30). The first-order chi connectivity index (χ1) is 15.8. The molecule has 2 aromatic carbocycles. The van der Waals surface area contributed by atoms with E-state index in [9.17, 15) is 31.6 Å². The summed E-state index contributed by atoms with van der Waals surface area (Å²) in [5.41, 5.74) is -2.24. The number of carbonyl (C=O) groups excluding carboxylic acids is 3. The third-order valence-electron chi connectivity index (χ3n) is 5.25. The molecule has 3 rings (SSSR count). The summed E-state index contributed by atoms with van der Waals surface area (Å²) in [6, 6.07) is 5.40. The van der Waals surface area contributed by atoms with E-state index in [2.05, 4.69) is 10.6 Å². The topological polar surface area (TPSA) is 125 Å². The quantitative estimate of drug-likeness (QED) is 0.562. The number of nitrogens with zero attached hydrogens (tertiary/aromatic N) is 2. The smallest absolute Gasteiger partial charge is 0.325 e. The number of imide groups is 1. The predicted molar refractivity (Wildman–Crippen MR) is 116 cm³/mol. The fourth-order valence-corrected chi connectivity index (χ4v) is 4.48. The Morgan fingerprint density at radius 3 is 2.47 bits per heavy atom. The molecular formula is C21H22F2N4O6S. The van der Waals surface area contributed by atoms with Crippen molar-refractivity contribution >= 4 is 33.6 Å². The van der Waals surface area contributed by atoms with Crippen LogP contribution < -0.4 is 15.4 Å². The zero-order valence-corrected chi connectivity index (χ0v) is 19.5. The molecule has 10 nitrogen and oxygen atoms in total. The van der Waals surface area contributed by atoms with Gasteiger partial charge in [-0.15, -0.1) is 0 Å². The lowest BCUT2D eigenvalue weighted by atomic mass is 9.91. The van der Waals surface area contributed by atoms with Crippen LogP contribution in [0.2, 0.25) is 0 Å². The maximum Gasteiger partial charge on any atom is 0.325 e. The molecule has 1 unspecified atom stereocenters. The largest absolute Gasteiger partial charge is 0.495 e. The lowest BCUT2D eigenvalue weighted by molar-refractivity contribution is -0.133. The fraction of sp³-hybridized carbons (Fsp3) is 0.286. The van der Waals surface area contributed by atoms with Crippen LogP contribution in [0.15, 0.2) is 41.3 Å². The van der Waals surface area contributed by atoms with Gasteiger partial charge in [0, 0.05) is 25.3 Å². The summed E-state index contributed by atoms with van der Waals surface area (Å²) < 4.78 is 59.0. The van der Waals surface area contributed by atoms with Crippen LogP contribution in [0, 0.1) is 11.6 Å². The summed E-state index contributed by atoms with van der Waals surface area (Å²) in [6.45, 7) is 0.448. The molecule has 0 aliphatic carbocycles. The highest BCUT2D eigenvalue weighted by molar-refractivity contribution is 7.89. The molecule has 0 saturated carbocycles. The SMILES string of the molecule is COc1ccc(NC(=O)CN2C(=O)NC(C)(c3cc(F)ccc3F)C2=O)cc1S(=O)(=O)N(C)C. The molecule has 1 fully saturated rings. The summed E-state index contributed by atoms with van der Waals surface area (Å²) in [4.78, 5) is 38.2. The number of hydrogen-bond acceptors (Lipinski definition) is 6. The van der Waals surface area contributed by atoms with Gasteiger partial charge >= 0.3 is 6.03 Å². The number of hydrogen-bond donors (Lipinski definition) is 2. The minimum atomic E-state index is -3.91. The van der Waals surface area contributed by atoms with Gasteiger partial charge in [-0.05, 0) is 43.3 Å². The van der Waals surface area contributed by atoms with Gasteiger partial charge in [-0.3, -0.25) is 14.5 Å². The second-order valence-corrected chi connectivity index (χ2v) is 9.89. The Hall–Kier alpha value is -3.58. The minimum absolute atomic E-state index is 0.0497. The Labute approximate surface area is 194 Å². The Morgan fingerprint density at radius 1 is 1.18 bits per heavy atom. The van der Waals surface area contributed by atoms with E-state index in [1.165, 1.54) is 46.3 Å². The van der Waals surface area contributed by atoms with Crippen LogP contribution in [0.5, 0.6) is 5.75 Å². The summed E-state index contributed by atoms with van der Waals surface area (Å²) in [6.07, 6.45) is 0. The van der Waals surface area contributed by atoms with Crippen molar-refractivity contribution in [1.82, 2.24) is 14.5 Å². The average molecular weight is 496 g/mol. The highest BCUT2D eigenvalue weighted by atomic mass is 32.2. The highest BCUT2D eigenvalue weighted by Crippen LogP contribution is 2.32. The van der Waals surface area contributed by atoms with Gasteiger partial charge < -0.3 is 15.4 Å². The van der Waals surface area contributed by atoms with Gasteiger partial charge in [0.2, 0.25) is 15.9 Å². The van der Waals surface area contributed by atoms with Crippen molar-refractivity contribution < 1.29 is 36.3 Å². The number of nitrogens with one attached hydrogen (secondary N) is 2. The monoisotopic (exact) mass is 496 g/mol. The number of urea groups is 1. The van der Waals surface area contributed by atoms with Crippen LogP contribution >= 0.6 is 0 Å². The summed E-state index contributed by atoms with van der Waals surface area (Å²) in [5, 5.41) is 4.70. The zero-order valence-electron chi connectivity index (χ0n) is 18.7. The number of ether oxygens (including phenoxy) is 1. The van der Waals surface area contributed by atoms with Gasteiger partial charge in [0.05, 0.1) is 7.11 Å². The lowest BCUT2D eigenvalue weighted by Gasteiger charge is -2.22. The van der Waals surface area contributed by atoms with Gasteiger partial charge in [0.25, 0.3) is 5.91 Å². The molecule has 2 aromatic rings. The van der Waals surface area contributed by atoms with Crippen LogP contribution in [-0.4, -0.2) is 63.2 Å². The first kappa shape index (κ1) is 25.1.